The van der Waals surface area contributed by atoms with Crippen molar-refractivity contribution in [1.82, 2.24) is 15.2 Å². The van der Waals surface area contributed by atoms with Crippen LogP contribution in [0.1, 0.15) is 15.4 Å². The molecular weight excluding hydrogens is 435 g/mol. The Morgan fingerprint density at radius 1 is 1.33 bits per heavy atom. The van der Waals surface area contributed by atoms with E-state index in [9.17, 15) is 0 Å². The van der Waals surface area contributed by atoms with E-state index in [0.717, 1.165) is 36.2 Å². The van der Waals surface area contributed by atoms with E-state index in [-0.39, 0.29) is 24.0 Å². The fourth-order valence-electron chi connectivity index (χ4n) is 2.26. The van der Waals surface area contributed by atoms with Gasteiger partial charge in [-0.05, 0) is 24.6 Å². The molecule has 1 N–H and O–H groups in total. The molecule has 5 nitrogen and oxygen atoms in total. The zero-order valence-electron chi connectivity index (χ0n) is 14.6. The van der Waals surface area contributed by atoms with Crippen LogP contribution in [0.4, 0.5) is 0 Å². The second-order valence-corrected chi connectivity index (χ2v) is 6.61. The molecule has 0 aliphatic carbocycles. The Hall–Kier alpha value is -1.35. The van der Waals surface area contributed by atoms with Crippen LogP contribution in [0.3, 0.4) is 0 Å². The number of aryl methyl sites for hydroxylation is 1. The first kappa shape index (κ1) is 20.7. The molecule has 0 unspecified atom stereocenters. The van der Waals surface area contributed by atoms with Crippen molar-refractivity contribution in [2.75, 3.05) is 27.7 Å². The first-order valence-corrected chi connectivity index (χ1v) is 8.40. The molecule has 7 heteroatoms. The van der Waals surface area contributed by atoms with E-state index in [1.807, 2.05) is 25.4 Å². The second-order valence-electron chi connectivity index (χ2n) is 5.29. The van der Waals surface area contributed by atoms with Crippen LogP contribution in [0, 0.1) is 6.92 Å². The van der Waals surface area contributed by atoms with Crippen LogP contribution in [0.25, 0.3) is 0 Å². The van der Waals surface area contributed by atoms with Gasteiger partial charge in [0.15, 0.2) is 5.96 Å². The quantitative estimate of drug-likeness (QED) is 0.408. The molecule has 1 heterocycles. The number of nitrogens with one attached hydrogen (secondary N) is 1. The van der Waals surface area contributed by atoms with Gasteiger partial charge < -0.3 is 15.0 Å². The number of nitrogens with zero attached hydrogens (tertiary/aromatic N) is 3. The van der Waals surface area contributed by atoms with Crippen molar-refractivity contribution < 1.29 is 4.74 Å². The molecule has 0 amide bonds. The summed E-state index contributed by atoms with van der Waals surface area (Å²) in [4.78, 5) is 12.1. The van der Waals surface area contributed by atoms with Crippen molar-refractivity contribution >= 4 is 41.3 Å². The Kier molecular flexibility index (Phi) is 9.05. The Morgan fingerprint density at radius 3 is 2.58 bits per heavy atom. The van der Waals surface area contributed by atoms with E-state index in [0.29, 0.717) is 0 Å². The molecule has 0 aliphatic heterocycles. The third kappa shape index (κ3) is 6.27. The fourth-order valence-corrected chi connectivity index (χ4v) is 3.05. The minimum absolute atomic E-state index is 0. The number of methoxy groups -OCH3 is 1. The van der Waals surface area contributed by atoms with Crippen LogP contribution < -0.4 is 10.1 Å². The molecule has 0 atom stereocenters. The summed E-state index contributed by atoms with van der Waals surface area (Å²) in [5.74, 6) is 1.76. The predicted octanol–water partition coefficient (Wildman–Crippen LogP) is 3.33. The van der Waals surface area contributed by atoms with Crippen molar-refractivity contribution in [3.8, 4) is 5.75 Å². The topological polar surface area (TPSA) is 49.8 Å². The molecule has 0 aliphatic rings. The lowest BCUT2D eigenvalue weighted by Crippen LogP contribution is -2.39. The highest BCUT2D eigenvalue weighted by Gasteiger charge is 2.07. The Bertz CT molecular complexity index is 642. The van der Waals surface area contributed by atoms with Crippen molar-refractivity contribution in [2.24, 2.45) is 4.99 Å². The monoisotopic (exact) mass is 460 g/mol. The summed E-state index contributed by atoms with van der Waals surface area (Å²) in [5, 5.41) is 4.54. The highest BCUT2D eigenvalue weighted by Crippen LogP contribution is 2.13. The van der Waals surface area contributed by atoms with E-state index >= 15 is 0 Å². The summed E-state index contributed by atoms with van der Waals surface area (Å²) in [7, 11) is 5.52. The summed E-state index contributed by atoms with van der Waals surface area (Å²) < 4.78 is 5.19. The number of guanidine groups is 1. The normalized spacial score (nSPS) is 10.9. The van der Waals surface area contributed by atoms with E-state index < -0.39 is 0 Å². The molecular formula is C17H25IN4OS. The zero-order valence-corrected chi connectivity index (χ0v) is 17.7. The highest BCUT2D eigenvalue weighted by atomic mass is 127. The molecule has 1 aromatic carbocycles. The second kappa shape index (κ2) is 10.5. The van der Waals surface area contributed by atoms with Crippen molar-refractivity contribution in [3.05, 3.63) is 45.9 Å². The molecule has 1 aromatic heterocycles. The lowest BCUT2D eigenvalue weighted by molar-refractivity contribution is 0.414. The lowest BCUT2D eigenvalue weighted by Gasteiger charge is -2.22. The molecule has 2 rings (SSSR count). The first-order valence-electron chi connectivity index (χ1n) is 7.58. The summed E-state index contributed by atoms with van der Waals surface area (Å²) in [5.41, 5.74) is 1.21. The van der Waals surface area contributed by atoms with Crippen LogP contribution in [0.15, 0.2) is 35.5 Å². The van der Waals surface area contributed by atoms with E-state index in [2.05, 4.69) is 39.2 Å². The SMILES string of the molecule is CN=C(NCCc1ncc(C)s1)N(C)Cc1ccc(OC)cc1.I. The van der Waals surface area contributed by atoms with Gasteiger partial charge in [0.2, 0.25) is 0 Å². The summed E-state index contributed by atoms with van der Waals surface area (Å²) in [6.45, 7) is 3.70. The van der Waals surface area contributed by atoms with Gasteiger partial charge in [0, 0.05) is 44.7 Å². The van der Waals surface area contributed by atoms with Gasteiger partial charge in [-0.3, -0.25) is 4.99 Å². The van der Waals surface area contributed by atoms with Crippen molar-refractivity contribution in [1.29, 1.82) is 0 Å². The van der Waals surface area contributed by atoms with Crippen LogP contribution in [-0.2, 0) is 13.0 Å². The number of rotatable bonds is 6. The van der Waals surface area contributed by atoms with E-state index in [1.165, 1.54) is 10.4 Å². The smallest absolute Gasteiger partial charge is 0.193 e. The first-order chi connectivity index (χ1) is 11.1. The number of aromatic nitrogens is 1. The molecule has 0 spiro atoms. The van der Waals surface area contributed by atoms with Crippen LogP contribution in [-0.4, -0.2) is 43.6 Å². The summed E-state index contributed by atoms with van der Waals surface area (Å²) in [6.07, 6.45) is 2.83. The Balaban J connectivity index is 0.00000288. The van der Waals surface area contributed by atoms with Crippen molar-refractivity contribution in [2.45, 2.75) is 19.9 Å². The average Bonchev–Trinajstić information content (AvgIpc) is 2.97. The fraction of sp³-hybridized carbons (Fsp3) is 0.412. The lowest BCUT2D eigenvalue weighted by atomic mass is 10.2. The molecule has 0 saturated carbocycles. The molecule has 0 saturated heterocycles. The molecule has 24 heavy (non-hydrogen) atoms. The van der Waals surface area contributed by atoms with E-state index in [1.54, 1.807) is 25.5 Å². The van der Waals surface area contributed by atoms with Crippen LogP contribution in [0.5, 0.6) is 5.75 Å². The Labute approximate surface area is 165 Å². The average molecular weight is 460 g/mol. The zero-order chi connectivity index (χ0) is 16.7. The number of ether oxygens (including phenoxy) is 1. The maximum absolute atomic E-state index is 5.19. The third-order valence-corrected chi connectivity index (χ3v) is 4.42. The largest absolute Gasteiger partial charge is 0.497 e. The highest BCUT2D eigenvalue weighted by molar-refractivity contribution is 14.0. The van der Waals surface area contributed by atoms with Gasteiger partial charge in [-0.25, -0.2) is 4.98 Å². The molecule has 0 fully saturated rings. The summed E-state index contributed by atoms with van der Waals surface area (Å²) in [6, 6.07) is 8.09. The minimum atomic E-state index is 0. The number of thiazole rings is 1. The van der Waals surface area contributed by atoms with Crippen LogP contribution in [0.2, 0.25) is 0 Å². The number of hydrogen-bond donors (Lipinski definition) is 1. The maximum atomic E-state index is 5.19. The Morgan fingerprint density at radius 2 is 2.04 bits per heavy atom. The minimum Gasteiger partial charge on any atom is -0.497 e. The number of halogens is 1. The molecule has 0 bridgehead atoms. The van der Waals surface area contributed by atoms with Gasteiger partial charge in [0.1, 0.15) is 5.75 Å². The van der Waals surface area contributed by atoms with Crippen LogP contribution >= 0.6 is 35.3 Å². The standard InChI is InChI=1S/C17H24N4OS.HI/c1-13-11-20-16(23-13)9-10-19-17(18-2)21(3)12-14-5-7-15(22-4)8-6-14;/h5-8,11H,9-10,12H2,1-4H3,(H,18,19);1H. The van der Waals surface area contributed by atoms with Crippen molar-refractivity contribution in [3.63, 3.8) is 0 Å². The van der Waals surface area contributed by atoms with E-state index in [4.69, 9.17) is 4.74 Å². The molecule has 132 valence electrons. The van der Waals surface area contributed by atoms with Gasteiger partial charge in [-0.15, -0.1) is 35.3 Å². The van der Waals surface area contributed by atoms with Gasteiger partial charge in [-0.1, -0.05) is 12.1 Å². The van der Waals surface area contributed by atoms with Gasteiger partial charge in [0.25, 0.3) is 0 Å². The number of hydrogen-bond acceptors (Lipinski definition) is 4. The molecule has 0 radical (unpaired) electrons. The van der Waals surface area contributed by atoms with Gasteiger partial charge in [0.05, 0.1) is 12.1 Å². The number of benzene rings is 1. The predicted molar refractivity (Wildman–Crippen MR) is 112 cm³/mol. The third-order valence-electron chi connectivity index (χ3n) is 3.44. The molecule has 2 aromatic rings. The number of aliphatic imine (C=N–C) groups is 1. The van der Waals surface area contributed by atoms with Gasteiger partial charge >= 0.3 is 0 Å². The summed E-state index contributed by atoms with van der Waals surface area (Å²) >= 11 is 1.75. The van der Waals surface area contributed by atoms with Gasteiger partial charge in [-0.2, -0.15) is 0 Å². The maximum Gasteiger partial charge on any atom is 0.193 e.